The number of aliphatic imine (C=N–C) groups is 1. The first-order chi connectivity index (χ1) is 8.88. The second-order valence-corrected chi connectivity index (χ2v) is 5.61. The topological polar surface area (TPSA) is 62.5 Å². The van der Waals surface area contributed by atoms with Crippen LogP contribution in [0.2, 0.25) is 0 Å². The van der Waals surface area contributed by atoms with Crippen LogP contribution in [-0.4, -0.2) is 35.2 Å². The van der Waals surface area contributed by atoms with Gasteiger partial charge in [-0.2, -0.15) is 11.8 Å². The predicted octanol–water partition coefficient (Wildman–Crippen LogP) is 1.63. The van der Waals surface area contributed by atoms with Crippen LogP contribution in [-0.2, 0) is 6.54 Å². The zero-order chi connectivity index (χ0) is 12.6. The third kappa shape index (κ3) is 4.25. The maximum absolute atomic E-state index is 4.78. The van der Waals surface area contributed by atoms with Gasteiger partial charge in [-0.1, -0.05) is 5.16 Å². The van der Waals surface area contributed by atoms with Crippen molar-refractivity contribution in [1.82, 2.24) is 15.8 Å². The lowest BCUT2D eigenvalue weighted by Crippen LogP contribution is -2.40. The number of aromatic nitrogens is 1. The van der Waals surface area contributed by atoms with E-state index in [9.17, 15) is 0 Å². The molecule has 0 aliphatic carbocycles. The summed E-state index contributed by atoms with van der Waals surface area (Å²) in [5.74, 6) is 2.15. The molecule has 18 heavy (non-hydrogen) atoms. The van der Waals surface area contributed by atoms with Crippen LogP contribution in [0.15, 0.2) is 21.8 Å². The van der Waals surface area contributed by atoms with E-state index in [4.69, 9.17) is 4.52 Å². The Hall–Kier alpha value is -1.17. The van der Waals surface area contributed by atoms with Gasteiger partial charge in [0.05, 0.1) is 6.54 Å². The summed E-state index contributed by atoms with van der Waals surface area (Å²) in [5.41, 5.74) is 0.849. The predicted molar refractivity (Wildman–Crippen MR) is 74.8 cm³/mol. The molecule has 1 aliphatic heterocycles. The van der Waals surface area contributed by atoms with Crippen molar-refractivity contribution >= 4 is 17.7 Å². The number of hydrogen-bond acceptors (Lipinski definition) is 4. The van der Waals surface area contributed by atoms with E-state index >= 15 is 0 Å². The molecule has 1 aromatic rings. The second kappa shape index (κ2) is 7.31. The lowest BCUT2D eigenvalue weighted by atomic mass is 10.2. The van der Waals surface area contributed by atoms with Crippen LogP contribution in [0.4, 0.5) is 0 Å². The number of nitrogens with one attached hydrogen (secondary N) is 2. The molecule has 0 bridgehead atoms. The molecule has 0 saturated carbocycles. The first-order valence-electron chi connectivity index (χ1n) is 6.41. The first kappa shape index (κ1) is 13.3. The van der Waals surface area contributed by atoms with Crippen LogP contribution in [0.3, 0.4) is 0 Å². The fraction of sp³-hybridized carbons (Fsp3) is 0.667. The van der Waals surface area contributed by atoms with Crippen molar-refractivity contribution in [3.8, 4) is 0 Å². The lowest BCUT2D eigenvalue weighted by molar-refractivity contribution is 0.412. The van der Waals surface area contributed by atoms with Gasteiger partial charge >= 0.3 is 0 Å². The molecule has 1 atom stereocenters. The van der Waals surface area contributed by atoms with Gasteiger partial charge in [0.25, 0.3) is 0 Å². The van der Waals surface area contributed by atoms with Crippen molar-refractivity contribution in [2.24, 2.45) is 4.99 Å². The van der Waals surface area contributed by atoms with E-state index in [1.54, 1.807) is 6.26 Å². The van der Waals surface area contributed by atoms with Crippen molar-refractivity contribution in [2.75, 3.05) is 18.8 Å². The summed E-state index contributed by atoms with van der Waals surface area (Å²) in [6.45, 7) is 4.46. The average molecular weight is 268 g/mol. The Kier molecular flexibility index (Phi) is 5.38. The quantitative estimate of drug-likeness (QED) is 0.628. The highest BCUT2D eigenvalue weighted by Gasteiger charge is 2.15. The van der Waals surface area contributed by atoms with Crippen molar-refractivity contribution in [2.45, 2.75) is 31.6 Å². The minimum Gasteiger partial charge on any atom is -0.364 e. The van der Waals surface area contributed by atoms with E-state index in [-0.39, 0.29) is 0 Å². The summed E-state index contributed by atoms with van der Waals surface area (Å²) in [6, 6.07) is 1.83. The standard InChI is InChI=1S/C12H20N4OS/c1-2-13-12(14-8-10-5-6-17-16-10)15-9-11-4-3-7-18-11/h5-6,11H,2-4,7-9H2,1H3,(H2,13,14,15). The first-order valence-corrected chi connectivity index (χ1v) is 7.46. The Morgan fingerprint density at radius 2 is 2.56 bits per heavy atom. The summed E-state index contributed by atoms with van der Waals surface area (Å²) >= 11 is 2.05. The third-order valence-electron chi connectivity index (χ3n) is 2.76. The lowest BCUT2D eigenvalue weighted by Gasteiger charge is -2.14. The highest BCUT2D eigenvalue weighted by molar-refractivity contribution is 8.00. The van der Waals surface area contributed by atoms with Gasteiger partial charge in [-0.05, 0) is 25.5 Å². The van der Waals surface area contributed by atoms with Gasteiger partial charge < -0.3 is 15.2 Å². The minimum atomic E-state index is 0.545. The molecule has 0 aromatic carbocycles. The number of guanidine groups is 1. The van der Waals surface area contributed by atoms with E-state index in [1.165, 1.54) is 18.6 Å². The molecule has 0 spiro atoms. The molecule has 1 fully saturated rings. The van der Waals surface area contributed by atoms with Crippen LogP contribution in [0.5, 0.6) is 0 Å². The van der Waals surface area contributed by atoms with Crippen LogP contribution in [0.25, 0.3) is 0 Å². The van der Waals surface area contributed by atoms with Crippen molar-refractivity contribution in [1.29, 1.82) is 0 Å². The normalized spacial score (nSPS) is 20.1. The zero-order valence-corrected chi connectivity index (χ0v) is 11.5. The Morgan fingerprint density at radius 1 is 1.61 bits per heavy atom. The number of nitrogens with zero attached hydrogens (tertiary/aromatic N) is 2. The molecule has 1 aromatic heterocycles. The van der Waals surface area contributed by atoms with Crippen LogP contribution < -0.4 is 10.6 Å². The van der Waals surface area contributed by atoms with Gasteiger partial charge in [-0.3, -0.25) is 0 Å². The molecule has 2 rings (SSSR count). The van der Waals surface area contributed by atoms with E-state index in [0.29, 0.717) is 6.54 Å². The minimum absolute atomic E-state index is 0.545. The molecule has 5 nitrogen and oxygen atoms in total. The number of rotatable bonds is 5. The maximum atomic E-state index is 4.78. The smallest absolute Gasteiger partial charge is 0.191 e. The fourth-order valence-electron chi connectivity index (χ4n) is 1.84. The number of thioether (sulfide) groups is 1. The highest BCUT2D eigenvalue weighted by atomic mass is 32.2. The van der Waals surface area contributed by atoms with Crippen LogP contribution in [0, 0.1) is 0 Å². The average Bonchev–Trinajstić information content (AvgIpc) is 3.05. The summed E-state index contributed by atoms with van der Waals surface area (Å²) in [6.07, 6.45) is 4.21. The SMILES string of the molecule is CCNC(=NCc1ccon1)NCC1CCCS1. The second-order valence-electron chi connectivity index (χ2n) is 4.20. The van der Waals surface area contributed by atoms with Gasteiger partial charge in [-0.25, -0.2) is 4.99 Å². The molecule has 1 aliphatic rings. The Labute approximate surface area is 112 Å². The molecule has 2 heterocycles. The zero-order valence-electron chi connectivity index (χ0n) is 10.7. The van der Waals surface area contributed by atoms with Gasteiger partial charge in [-0.15, -0.1) is 0 Å². The van der Waals surface area contributed by atoms with Gasteiger partial charge in [0, 0.05) is 24.4 Å². The van der Waals surface area contributed by atoms with Crippen LogP contribution >= 0.6 is 11.8 Å². The molecule has 1 unspecified atom stereocenters. The summed E-state index contributed by atoms with van der Waals surface area (Å²) in [7, 11) is 0. The summed E-state index contributed by atoms with van der Waals surface area (Å²) < 4.78 is 4.78. The fourth-order valence-corrected chi connectivity index (χ4v) is 3.04. The largest absolute Gasteiger partial charge is 0.364 e. The third-order valence-corrected chi connectivity index (χ3v) is 4.15. The molecule has 1 saturated heterocycles. The molecular formula is C12H20N4OS. The van der Waals surface area contributed by atoms with Gasteiger partial charge in [0.2, 0.25) is 0 Å². The van der Waals surface area contributed by atoms with Gasteiger partial charge in [0.15, 0.2) is 5.96 Å². The van der Waals surface area contributed by atoms with Crippen molar-refractivity contribution in [3.63, 3.8) is 0 Å². The molecular weight excluding hydrogens is 248 g/mol. The maximum Gasteiger partial charge on any atom is 0.191 e. The van der Waals surface area contributed by atoms with E-state index < -0.39 is 0 Å². The van der Waals surface area contributed by atoms with E-state index in [2.05, 4.69) is 27.7 Å². The van der Waals surface area contributed by atoms with E-state index in [1.807, 2.05) is 17.8 Å². The Morgan fingerprint density at radius 3 is 3.22 bits per heavy atom. The molecule has 2 N–H and O–H groups in total. The summed E-state index contributed by atoms with van der Waals surface area (Å²) in [4.78, 5) is 4.48. The molecule has 100 valence electrons. The molecule has 6 heteroatoms. The van der Waals surface area contributed by atoms with E-state index in [0.717, 1.165) is 30.0 Å². The van der Waals surface area contributed by atoms with Crippen molar-refractivity contribution in [3.05, 3.63) is 18.0 Å². The monoisotopic (exact) mass is 268 g/mol. The molecule has 0 amide bonds. The van der Waals surface area contributed by atoms with Gasteiger partial charge in [0.1, 0.15) is 12.0 Å². The van der Waals surface area contributed by atoms with Crippen LogP contribution in [0.1, 0.15) is 25.5 Å². The Balaban J connectivity index is 1.80. The number of hydrogen-bond donors (Lipinski definition) is 2. The van der Waals surface area contributed by atoms with Crippen molar-refractivity contribution < 1.29 is 4.52 Å². The Bertz CT molecular complexity index is 360. The highest BCUT2D eigenvalue weighted by Crippen LogP contribution is 2.25. The molecule has 0 radical (unpaired) electrons. The summed E-state index contributed by atoms with van der Waals surface area (Å²) in [5, 5.41) is 11.2.